The Morgan fingerprint density at radius 1 is 1.10 bits per heavy atom. The molecule has 4 rings (SSSR count). The van der Waals surface area contributed by atoms with Gasteiger partial charge in [0.05, 0.1) is 5.69 Å². The van der Waals surface area contributed by atoms with Crippen molar-refractivity contribution in [3.63, 3.8) is 0 Å². The summed E-state index contributed by atoms with van der Waals surface area (Å²) in [4.78, 5) is 14.4. The van der Waals surface area contributed by atoms with Crippen LogP contribution in [0, 0.1) is 5.82 Å². The molecule has 0 aliphatic carbocycles. The maximum absolute atomic E-state index is 12.9. The van der Waals surface area contributed by atoms with E-state index in [-0.39, 0.29) is 17.8 Å². The number of amides is 1. The van der Waals surface area contributed by atoms with Crippen LogP contribution in [0.4, 0.5) is 4.39 Å². The van der Waals surface area contributed by atoms with Crippen LogP contribution in [-0.4, -0.2) is 46.3 Å². The maximum Gasteiger partial charge on any atom is 0.223 e. The number of benzene rings is 2. The van der Waals surface area contributed by atoms with Gasteiger partial charge in [-0.25, -0.2) is 9.07 Å². The molecule has 3 aromatic rings. The summed E-state index contributed by atoms with van der Waals surface area (Å²) < 4.78 is 20.3. The SMILES string of the molecule is O=C1CC[C@H](CCNCCOc2ccc(F)cc2)N1Cc1ccc(-n2cccn2)cc1. The Hall–Kier alpha value is -3.19. The van der Waals surface area contributed by atoms with Crippen molar-refractivity contribution in [3.05, 3.63) is 78.4 Å². The quantitative estimate of drug-likeness (QED) is 0.508. The fourth-order valence-corrected chi connectivity index (χ4v) is 3.85. The first kappa shape index (κ1) is 21.1. The van der Waals surface area contributed by atoms with E-state index in [2.05, 4.69) is 22.5 Å². The Morgan fingerprint density at radius 3 is 2.65 bits per heavy atom. The molecule has 1 fully saturated rings. The Morgan fingerprint density at radius 2 is 1.90 bits per heavy atom. The van der Waals surface area contributed by atoms with Gasteiger partial charge < -0.3 is 15.0 Å². The number of carbonyl (C=O) groups excluding carboxylic acids is 1. The molecular weight excluding hydrogens is 395 g/mol. The van der Waals surface area contributed by atoms with Crippen LogP contribution in [0.2, 0.25) is 0 Å². The van der Waals surface area contributed by atoms with Crippen molar-refractivity contribution in [3.8, 4) is 11.4 Å². The zero-order valence-electron chi connectivity index (χ0n) is 17.4. The van der Waals surface area contributed by atoms with Crippen molar-refractivity contribution in [1.82, 2.24) is 20.0 Å². The number of halogens is 1. The van der Waals surface area contributed by atoms with Crippen molar-refractivity contribution in [2.75, 3.05) is 19.7 Å². The Kier molecular flexibility index (Phi) is 6.94. The molecule has 1 amide bonds. The molecule has 2 aromatic carbocycles. The summed E-state index contributed by atoms with van der Waals surface area (Å²) in [5.74, 6) is 0.616. The molecule has 1 aromatic heterocycles. The number of hydrogen-bond acceptors (Lipinski definition) is 4. The van der Waals surface area contributed by atoms with Gasteiger partial charge in [-0.15, -0.1) is 0 Å². The fraction of sp³-hybridized carbons (Fsp3) is 0.333. The highest BCUT2D eigenvalue weighted by Crippen LogP contribution is 2.24. The monoisotopic (exact) mass is 422 g/mol. The first-order valence-electron chi connectivity index (χ1n) is 10.7. The smallest absolute Gasteiger partial charge is 0.223 e. The molecule has 0 bridgehead atoms. The van der Waals surface area contributed by atoms with Crippen LogP contribution in [0.5, 0.6) is 5.75 Å². The van der Waals surface area contributed by atoms with Crippen LogP contribution >= 0.6 is 0 Å². The number of aromatic nitrogens is 2. The standard InChI is InChI=1S/C24H27FN4O2/c25-20-4-9-23(10-5-20)31-17-15-26-14-12-21-8-11-24(30)28(21)18-19-2-6-22(7-3-19)29-16-1-13-27-29/h1-7,9-10,13,16,21,26H,8,11-12,14-15,17-18H2/t21-/m1/s1. The summed E-state index contributed by atoms with van der Waals surface area (Å²) >= 11 is 0. The third kappa shape index (κ3) is 5.70. The highest BCUT2D eigenvalue weighted by molar-refractivity contribution is 5.78. The van der Waals surface area contributed by atoms with Crippen molar-refractivity contribution < 1.29 is 13.9 Å². The van der Waals surface area contributed by atoms with Gasteiger partial charge in [0.2, 0.25) is 5.91 Å². The summed E-state index contributed by atoms with van der Waals surface area (Å²) in [6.45, 7) is 2.67. The Bertz CT molecular complexity index is 958. The minimum Gasteiger partial charge on any atom is -0.492 e. The highest BCUT2D eigenvalue weighted by Gasteiger charge is 2.30. The minimum absolute atomic E-state index is 0.223. The molecule has 0 saturated carbocycles. The van der Waals surface area contributed by atoms with E-state index in [1.165, 1.54) is 12.1 Å². The molecule has 2 heterocycles. The van der Waals surface area contributed by atoms with Gasteiger partial charge in [-0.05, 0) is 67.4 Å². The predicted octanol–water partition coefficient (Wildman–Crippen LogP) is 3.56. The highest BCUT2D eigenvalue weighted by atomic mass is 19.1. The number of nitrogens with one attached hydrogen (secondary N) is 1. The number of nitrogens with zero attached hydrogens (tertiary/aromatic N) is 3. The summed E-state index contributed by atoms with van der Waals surface area (Å²) in [6.07, 6.45) is 6.09. The second kappa shape index (κ2) is 10.2. The molecule has 1 saturated heterocycles. The molecule has 162 valence electrons. The average Bonchev–Trinajstić information content (AvgIpc) is 3.44. The van der Waals surface area contributed by atoms with Crippen LogP contribution in [-0.2, 0) is 11.3 Å². The largest absolute Gasteiger partial charge is 0.492 e. The van der Waals surface area contributed by atoms with Gasteiger partial charge in [0, 0.05) is 37.9 Å². The first-order valence-corrected chi connectivity index (χ1v) is 10.7. The molecule has 0 radical (unpaired) electrons. The number of carbonyl (C=O) groups is 1. The first-order chi connectivity index (χ1) is 15.2. The second-order valence-electron chi connectivity index (χ2n) is 7.67. The van der Waals surface area contributed by atoms with Crippen molar-refractivity contribution in [2.24, 2.45) is 0 Å². The van der Waals surface area contributed by atoms with Crippen molar-refractivity contribution in [1.29, 1.82) is 0 Å². The number of hydrogen-bond donors (Lipinski definition) is 1. The van der Waals surface area contributed by atoms with E-state index >= 15 is 0 Å². The summed E-state index contributed by atoms with van der Waals surface area (Å²) in [6, 6.07) is 16.3. The molecule has 1 aliphatic rings. The van der Waals surface area contributed by atoms with E-state index in [1.807, 2.05) is 34.0 Å². The van der Waals surface area contributed by atoms with E-state index in [4.69, 9.17) is 4.74 Å². The average molecular weight is 423 g/mol. The van der Waals surface area contributed by atoms with Gasteiger partial charge in [0.25, 0.3) is 0 Å². The number of likely N-dealkylation sites (tertiary alicyclic amines) is 1. The van der Waals surface area contributed by atoms with Gasteiger partial charge in [0.15, 0.2) is 0 Å². The lowest BCUT2D eigenvalue weighted by Crippen LogP contribution is -2.35. The molecule has 1 aliphatic heterocycles. The fourth-order valence-electron chi connectivity index (χ4n) is 3.85. The Balaban J connectivity index is 1.20. The van der Waals surface area contributed by atoms with Gasteiger partial charge in [-0.3, -0.25) is 4.79 Å². The second-order valence-corrected chi connectivity index (χ2v) is 7.67. The summed E-state index contributed by atoms with van der Waals surface area (Å²) in [5.41, 5.74) is 2.13. The number of ether oxygens (including phenoxy) is 1. The molecule has 1 N–H and O–H groups in total. The van der Waals surface area contributed by atoms with Crippen LogP contribution in [0.1, 0.15) is 24.8 Å². The summed E-state index contributed by atoms with van der Waals surface area (Å²) in [5, 5.41) is 7.61. The van der Waals surface area contributed by atoms with Gasteiger partial charge in [-0.2, -0.15) is 5.10 Å². The molecule has 7 heteroatoms. The zero-order valence-corrected chi connectivity index (χ0v) is 17.4. The van der Waals surface area contributed by atoms with E-state index < -0.39 is 0 Å². The van der Waals surface area contributed by atoms with Crippen LogP contribution in [0.3, 0.4) is 0 Å². The normalized spacial score (nSPS) is 16.1. The molecule has 0 unspecified atom stereocenters. The molecular formula is C24H27FN4O2. The topological polar surface area (TPSA) is 59.4 Å². The lowest BCUT2D eigenvalue weighted by molar-refractivity contribution is -0.129. The van der Waals surface area contributed by atoms with E-state index in [1.54, 1.807) is 18.3 Å². The Labute approximate surface area is 181 Å². The van der Waals surface area contributed by atoms with E-state index in [9.17, 15) is 9.18 Å². The van der Waals surface area contributed by atoms with E-state index in [0.717, 1.165) is 30.6 Å². The molecule has 6 nitrogen and oxygen atoms in total. The third-order valence-corrected chi connectivity index (χ3v) is 5.53. The van der Waals surface area contributed by atoms with Crippen LogP contribution in [0.15, 0.2) is 67.0 Å². The molecule has 31 heavy (non-hydrogen) atoms. The third-order valence-electron chi connectivity index (χ3n) is 5.53. The molecule has 0 spiro atoms. The van der Waals surface area contributed by atoms with Crippen molar-refractivity contribution >= 4 is 5.91 Å². The van der Waals surface area contributed by atoms with Gasteiger partial charge >= 0.3 is 0 Å². The maximum atomic E-state index is 12.9. The van der Waals surface area contributed by atoms with Crippen LogP contribution < -0.4 is 10.1 Å². The van der Waals surface area contributed by atoms with Gasteiger partial charge in [0.1, 0.15) is 18.2 Å². The van der Waals surface area contributed by atoms with Crippen LogP contribution in [0.25, 0.3) is 5.69 Å². The van der Waals surface area contributed by atoms with Gasteiger partial charge in [-0.1, -0.05) is 12.1 Å². The van der Waals surface area contributed by atoms with Crippen molar-refractivity contribution in [2.45, 2.75) is 31.8 Å². The molecule has 1 atom stereocenters. The zero-order chi connectivity index (χ0) is 21.5. The lowest BCUT2D eigenvalue weighted by atomic mass is 10.1. The van der Waals surface area contributed by atoms with E-state index in [0.29, 0.717) is 31.9 Å². The predicted molar refractivity (Wildman–Crippen MR) is 117 cm³/mol. The number of rotatable bonds is 10. The summed E-state index contributed by atoms with van der Waals surface area (Å²) in [7, 11) is 0. The minimum atomic E-state index is -0.269. The lowest BCUT2D eigenvalue weighted by Gasteiger charge is -2.25.